The smallest absolute Gasteiger partial charge is 0.0931 e. The van der Waals surface area contributed by atoms with Crippen LogP contribution < -0.4 is 11.1 Å². The van der Waals surface area contributed by atoms with Crippen molar-refractivity contribution in [1.29, 1.82) is 0 Å². The molecule has 0 spiro atoms. The van der Waals surface area contributed by atoms with Crippen LogP contribution in [0.2, 0.25) is 0 Å². The van der Waals surface area contributed by atoms with Crippen molar-refractivity contribution in [2.24, 2.45) is 5.73 Å². The van der Waals surface area contributed by atoms with Gasteiger partial charge in [0.25, 0.3) is 0 Å². The second kappa shape index (κ2) is 4.11. The largest absolute Gasteiger partial charge is 0.385 e. The van der Waals surface area contributed by atoms with Gasteiger partial charge in [0, 0.05) is 12.2 Å². The van der Waals surface area contributed by atoms with Crippen molar-refractivity contribution < 1.29 is 0 Å². The van der Waals surface area contributed by atoms with E-state index in [9.17, 15) is 0 Å². The van der Waals surface area contributed by atoms with Gasteiger partial charge < -0.3 is 16.0 Å². The third-order valence-corrected chi connectivity index (χ3v) is 2.13. The number of rotatable bonds is 4. The van der Waals surface area contributed by atoms with Crippen molar-refractivity contribution in [3.63, 3.8) is 0 Å². The second-order valence-corrected chi connectivity index (χ2v) is 3.20. The first kappa shape index (κ1) is 9.02. The first-order chi connectivity index (χ1) is 6.90. The summed E-state index contributed by atoms with van der Waals surface area (Å²) in [4.78, 5) is 7.23. The molecule has 0 aliphatic heterocycles. The SMILES string of the molecule is NCCCNc1ccc2nc[nH]c2c1. The highest BCUT2D eigenvalue weighted by atomic mass is 14.9. The van der Waals surface area contributed by atoms with Crippen molar-refractivity contribution in [3.05, 3.63) is 24.5 Å². The van der Waals surface area contributed by atoms with Crippen molar-refractivity contribution in [2.45, 2.75) is 6.42 Å². The van der Waals surface area contributed by atoms with E-state index in [1.54, 1.807) is 6.33 Å². The number of fused-ring (bicyclic) bond motifs is 1. The Kier molecular flexibility index (Phi) is 2.65. The van der Waals surface area contributed by atoms with E-state index in [2.05, 4.69) is 21.4 Å². The normalized spacial score (nSPS) is 10.6. The van der Waals surface area contributed by atoms with Crippen LogP contribution in [-0.4, -0.2) is 23.1 Å². The van der Waals surface area contributed by atoms with Gasteiger partial charge in [0.2, 0.25) is 0 Å². The lowest BCUT2D eigenvalue weighted by Gasteiger charge is -2.04. The standard InChI is InChI=1S/C10H14N4/c11-4-1-5-12-8-2-3-9-10(6-8)14-7-13-9/h2-3,6-7,12H,1,4-5,11H2,(H,13,14). The molecule has 4 heteroatoms. The fourth-order valence-corrected chi connectivity index (χ4v) is 1.38. The van der Waals surface area contributed by atoms with E-state index >= 15 is 0 Å². The fraction of sp³-hybridized carbons (Fsp3) is 0.300. The zero-order valence-electron chi connectivity index (χ0n) is 7.96. The number of hydrogen-bond acceptors (Lipinski definition) is 3. The molecule has 0 fully saturated rings. The number of hydrogen-bond donors (Lipinski definition) is 3. The van der Waals surface area contributed by atoms with Crippen LogP contribution in [0.1, 0.15) is 6.42 Å². The molecular weight excluding hydrogens is 176 g/mol. The molecule has 14 heavy (non-hydrogen) atoms. The summed E-state index contributed by atoms with van der Waals surface area (Å²) in [6.07, 6.45) is 2.69. The second-order valence-electron chi connectivity index (χ2n) is 3.20. The van der Waals surface area contributed by atoms with E-state index in [0.717, 1.165) is 36.2 Å². The van der Waals surface area contributed by atoms with Gasteiger partial charge in [-0.1, -0.05) is 0 Å². The minimum Gasteiger partial charge on any atom is -0.385 e. The molecule has 0 atom stereocenters. The van der Waals surface area contributed by atoms with Crippen LogP contribution >= 0.6 is 0 Å². The van der Waals surface area contributed by atoms with Crippen LogP contribution in [0.25, 0.3) is 11.0 Å². The molecule has 0 amide bonds. The van der Waals surface area contributed by atoms with Gasteiger partial charge in [-0.05, 0) is 31.2 Å². The summed E-state index contributed by atoms with van der Waals surface area (Å²) in [5.74, 6) is 0. The minimum atomic E-state index is 0.722. The maximum absolute atomic E-state index is 5.41. The Labute approximate surface area is 82.5 Å². The number of nitrogens with zero attached hydrogens (tertiary/aromatic N) is 1. The molecule has 4 nitrogen and oxygen atoms in total. The van der Waals surface area contributed by atoms with Crippen LogP contribution in [0.3, 0.4) is 0 Å². The van der Waals surface area contributed by atoms with Crippen LogP contribution in [0.4, 0.5) is 5.69 Å². The summed E-state index contributed by atoms with van der Waals surface area (Å²) in [7, 11) is 0. The first-order valence-corrected chi connectivity index (χ1v) is 4.77. The van der Waals surface area contributed by atoms with Gasteiger partial charge >= 0.3 is 0 Å². The Hall–Kier alpha value is -1.55. The van der Waals surface area contributed by atoms with Gasteiger partial charge in [0.05, 0.1) is 17.4 Å². The predicted molar refractivity (Wildman–Crippen MR) is 58.3 cm³/mol. The van der Waals surface area contributed by atoms with Gasteiger partial charge in [0.15, 0.2) is 0 Å². The number of aromatic amines is 1. The summed E-state index contributed by atoms with van der Waals surface area (Å²) < 4.78 is 0. The molecule has 0 radical (unpaired) electrons. The van der Waals surface area contributed by atoms with Gasteiger partial charge in [-0.2, -0.15) is 0 Å². The lowest BCUT2D eigenvalue weighted by molar-refractivity contribution is 0.874. The minimum absolute atomic E-state index is 0.722. The van der Waals surface area contributed by atoms with Crippen LogP contribution in [0, 0.1) is 0 Å². The zero-order chi connectivity index (χ0) is 9.80. The highest BCUT2D eigenvalue weighted by Gasteiger charge is 1.96. The van der Waals surface area contributed by atoms with E-state index in [4.69, 9.17) is 5.73 Å². The maximum Gasteiger partial charge on any atom is 0.0931 e. The zero-order valence-corrected chi connectivity index (χ0v) is 7.96. The quantitative estimate of drug-likeness (QED) is 0.637. The molecule has 0 saturated carbocycles. The third kappa shape index (κ3) is 1.85. The van der Waals surface area contributed by atoms with Crippen molar-refractivity contribution in [2.75, 3.05) is 18.4 Å². The van der Waals surface area contributed by atoms with E-state index < -0.39 is 0 Å². The molecule has 1 aromatic heterocycles. The number of anilines is 1. The van der Waals surface area contributed by atoms with Gasteiger partial charge in [-0.3, -0.25) is 0 Å². The average molecular weight is 190 g/mol. The molecule has 2 aromatic rings. The molecule has 0 unspecified atom stereocenters. The van der Waals surface area contributed by atoms with E-state index in [1.165, 1.54) is 0 Å². The molecule has 2 rings (SSSR count). The number of imidazole rings is 1. The van der Waals surface area contributed by atoms with Gasteiger partial charge in [-0.15, -0.1) is 0 Å². The molecule has 4 N–H and O–H groups in total. The van der Waals surface area contributed by atoms with Crippen molar-refractivity contribution in [1.82, 2.24) is 9.97 Å². The maximum atomic E-state index is 5.41. The topological polar surface area (TPSA) is 66.7 Å². The highest BCUT2D eigenvalue weighted by Crippen LogP contribution is 2.15. The average Bonchev–Trinajstić information content (AvgIpc) is 2.65. The van der Waals surface area contributed by atoms with E-state index in [-0.39, 0.29) is 0 Å². The summed E-state index contributed by atoms with van der Waals surface area (Å²) in [5.41, 5.74) is 8.57. The van der Waals surface area contributed by atoms with Crippen LogP contribution in [0.5, 0.6) is 0 Å². The molecular formula is C10H14N4. The predicted octanol–water partition coefficient (Wildman–Crippen LogP) is 1.32. The Morgan fingerprint density at radius 1 is 1.43 bits per heavy atom. The Morgan fingerprint density at radius 3 is 3.21 bits per heavy atom. The first-order valence-electron chi connectivity index (χ1n) is 4.77. The number of benzene rings is 1. The molecule has 0 aliphatic carbocycles. The summed E-state index contributed by atoms with van der Waals surface area (Å²) in [5, 5.41) is 3.30. The Morgan fingerprint density at radius 2 is 2.36 bits per heavy atom. The molecule has 1 heterocycles. The van der Waals surface area contributed by atoms with Crippen molar-refractivity contribution in [3.8, 4) is 0 Å². The number of nitrogens with two attached hydrogens (primary N) is 1. The number of nitrogens with one attached hydrogen (secondary N) is 2. The fourth-order valence-electron chi connectivity index (χ4n) is 1.38. The van der Waals surface area contributed by atoms with Crippen molar-refractivity contribution >= 4 is 16.7 Å². The lowest BCUT2D eigenvalue weighted by atomic mass is 10.2. The molecule has 0 bridgehead atoms. The summed E-state index contributed by atoms with van der Waals surface area (Å²) in [6, 6.07) is 6.08. The summed E-state index contributed by atoms with van der Waals surface area (Å²) in [6.45, 7) is 1.63. The van der Waals surface area contributed by atoms with Gasteiger partial charge in [0.1, 0.15) is 0 Å². The lowest BCUT2D eigenvalue weighted by Crippen LogP contribution is -2.08. The van der Waals surface area contributed by atoms with E-state index in [1.807, 2.05) is 12.1 Å². The van der Waals surface area contributed by atoms with Gasteiger partial charge in [-0.25, -0.2) is 4.98 Å². The third-order valence-electron chi connectivity index (χ3n) is 2.13. The van der Waals surface area contributed by atoms with Crippen LogP contribution in [-0.2, 0) is 0 Å². The molecule has 0 aliphatic rings. The monoisotopic (exact) mass is 190 g/mol. The Bertz CT molecular complexity index is 407. The number of aromatic nitrogens is 2. The highest BCUT2D eigenvalue weighted by molar-refractivity contribution is 5.78. The van der Waals surface area contributed by atoms with Crippen LogP contribution in [0.15, 0.2) is 24.5 Å². The molecule has 74 valence electrons. The summed E-state index contributed by atoms with van der Waals surface area (Å²) >= 11 is 0. The molecule has 1 aromatic carbocycles. The number of H-pyrrole nitrogens is 1. The Balaban J connectivity index is 2.10. The van der Waals surface area contributed by atoms with E-state index in [0.29, 0.717) is 0 Å². The molecule has 0 saturated heterocycles.